The largest absolute Gasteiger partial charge is 0.490 e. The van der Waals surface area contributed by atoms with Crippen molar-refractivity contribution < 1.29 is 4.74 Å². The van der Waals surface area contributed by atoms with Gasteiger partial charge in [-0.1, -0.05) is 13.0 Å². The Morgan fingerprint density at radius 1 is 1.27 bits per heavy atom. The van der Waals surface area contributed by atoms with E-state index in [1.54, 1.807) is 0 Å². The Morgan fingerprint density at radius 2 is 2.00 bits per heavy atom. The maximum Gasteiger partial charge on any atom is 0.123 e. The summed E-state index contributed by atoms with van der Waals surface area (Å²) in [6.45, 7) is 6.51. The molecule has 2 rings (SSSR count). The van der Waals surface area contributed by atoms with Crippen molar-refractivity contribution >= 4 is 0 Å². The monoisotopic (exact) mass is 204 g/mol. The van der Waals surface area contributed by atoms with Gasteiger partial charge in [0.25, 0.3) is 0 Å². The lowest BCUT2D eigenvalue weighted by Crippen LogP contribution is -2.11. The number of aryl methyl sites for hydroxylation is 1. The van der Waals surface area contributed by atoms with Gasteiger partial charge in [-0.3, -0.25) is 0 Å². The second-order valence-electron chi connectivity index (χ2n) is 4.53. The third-order valence-electron chi connectivity index (χ3n) is 3.38. The molecule has 0 amide bonds. The van der Waals surface area contributed by atoms with Crippen molar-refractivity contribution in [2.24, 2.45) is 0 Å². The summed E-state index contributed by atoms with van der Waals surface area (Å²) in [7, 11) is 0. The van der Waals surface area contributed by atoms with Crippen LogP contribution >= 0.6 is 0 Å². The van der Waals surface area contributed by atoms with Crippen LogP contribution in [0.5, 0.6) is 5.75 Å². The summed E-state index contributed by atoms with van der Waals surface area (Å²) in [5.74, 6) is 1.13. The Hall–Kier alpha value is -0.980. The number of hydrogen-bond donors (Lipinski definition) is 0. The van der Waals surface area contributed by atoms with Gasteiger partial charge in [-0.2, -0.15) is 0 Å². The molecule has 0 saturated heterocycles. The Bertz CT molecular complexity index is 355. The lowest BCUT2D eigenvalue weighted by Gasteiger charge is -2.16. The zero-order valence-corrected chi connectivity index (χ0v) is 9.97. The minimum absolute atomic E-state index is 0.331. The first-order valence-electron chi connectivity index (χ1n) is 6.00. The Balaban J connectivity index is 2.29. The molecule has 0 bridgehead atoms. The van der Waals surface area contributed by atoms with Crippen LogP contribution in [-0.2, 0) is 12.8 Å². The van der Waals surface area contributed by atoms with Crippen LogP contribution < -0.4 is 4.74 Å². The molecule has 0 N–H and O–H groups in total. The van der Waals surface area contributed by atoms with Crippen molar-refractivity contribution in [2.75, 3.05) is 0 Å². The van der Waals surface area contributed by atoms with Crippen molar-refractivity contribution in [1.82, 2.24) is 0 Å². The minimum Gasteiger partial charge on any atom is -0.490 e. The van der Waals surface area contributed by atoms with Crippen LogP contribution in [0.4, 0.5) is 0 Å². The van der Waals surface area contributed by atoms with Gasteiger partial charge in [-0.15, -0.1) is 0 Å². The normalized spacial score (nSPS) is 16.2. The number of benzene rings is 1. The highest BCUT2D eigenvalue weighted by Gasteiger charge is 2.18. The number of fused-ring (bicyclic) bond motifs is 1. The fourth-order valence-corrected chi connectivity index (χ4v) is 2.26. The Labute approximate surface area is 92.5 Å². The quantitative estimate of drug-likeness (QED) is 0.730. The van der Waals surface area contributed by atoms with E-state index in [1.165, 1.54) is 36.0 Å². The zero-order valence-electron chi connectivity index (χ0n) is 9.97. The lowest BCUT2D eigenvalue weighted by molar-refractivity contribution is 0.215. The van der Waals surface area contributed by atoms with Crippen molar-refractivity contribution in [1.29, 1.82) is 0 Å². The SMILES string of the molecule is CCC(C)Oc1ccc(C)c2c1CCC2. The van der Waals surface area contributed by atoms with E-state index in [0.717, 1.165) is 12.2 Å². The van der Waals surface area contributed by atoms with Crippen LogP contribution in [0.1, 0.15) is 43.4 Å². The molecule has 1 aliphatic rings. The summed E-state index contributed by atoms with van der Waals surface area (Å²) in [6, 6.07) is 4.34. The molecule has 1 aromatic carbocycles. The first kappa shape index (κ1) is 10.5. The average Bonchev–Trinajstić information content (AvgIpc) is 2.71. The first-order valence-corrected chi connectivity index (χ1v) is 6.00. The van der Waals surface area contributed by atoms with Gasteiger partial charge in [0.1, 0.15) is 5.75 Å². The average molecular weight is 204 g/mol. The van der Waals surface area contributed by atoms with E-state index >= 15 is 0 Å². The lowest BCUT2D eigenvalue weighted by atomic mass is 10.0. The standard InChI is InChI=1S/C14H20O/c1-4-11(3)15-14-9-8-10(2)12-6-5-7-13(12)14/h8-9,11H,4-7H2,1-3H3. The van der Waals surface area contributed by atoms with E-state index in [-0.39, 0.29) is 0 Å². The fraction of sp³-hybridized carbons (Fsp3) is 0.571. The van der Waals surface area contributed by atoms with Gasteiger partial charge in [0, 0.05) is 0 Å². The number of ether oxygens (including phenoxy) is 1. The molecule has 0 aromatic heterocycles. The Kier molecular flexibility index (Phi) is 2.99. The van der Waals surface area contributed by atoms with Gasteiger partial charge >= 0.3 is 0 Å². The van der Waals surface area contributed by atoms with Gasteiger partial charge in [-0.25, -0.2) is 0 Å². The van der Waals surface area contributed by atoms with E-state index in [9.17, 15) is 0 Å². The third kappa shape index (κ3) is 2.01. The molecule has 0 aliphatic heterocycles. The fourth-order valence-electron chi connectivity index (χ4n) is 2.26. The second kappa shape index (κ2) is 4.26. The topological polar surface area (TPSA) is 9.23 Å². The summed E-state index contributed by atoms with van der Waals surface area (Å²) >= 11 is 0. The molecule has 1 unspecified atom stereocenters. The first-order chi connectivity index (χ1) is 7.22. The van der Waals surface area contributed by atoms with Gasteiger partial charge < -0.3 is 4.74 Å². The van der Waals surface area contributed by atoms with Crippen LogP contribution in [0.2, 0.25) is 0 Å². The molecule has 1 aromatic rings. The third-order valence-corrected chi connectivity index (χ3v) is 3.38. The van der Waals surface area contributed by atoms with Crippen molar-refractivity contribution in [3.63, 3.8) is 0 Å². The smallest absolute Gasteiger partial charge is 0.123 e. The molecular weight excluding hydrogens is 184 g/mol. The molecule has 1 heteroatoms. The summed E-state index contributed by atoms with van der Waals surface area (Å²) in [6.07, 6.45) is 5.12. The number of hydrogen-bond acceptors (Lipinski definition) is 1. The van der Waals surface area contributed by atoms with Crippen LogP contribution in [0, 0.1) is 6.92 Å². The van der Waals surface area contributed by atoms with Gasteiger partial charge in [0.15, 0.2) is 0 Å². The van der Waals surface area contributed by atoms with Crippen LogP contribution in [0.25, 0.3) is 0 Å². The summed E-state index contributed by atoms with van der Waals surface area (Å²) < 4.78 is 5.96. The number of rotatable bonds is 3. The molecule has 0 radical (unpaired) electrons. The highest BCUT2D eigenvalue weighted by atomic mass is 16.5. The molecule has 1 atom stereocenters. The zero-order chi connectivity index (χ0) is 10.8. The van der Waals surface area contributed by atoms with Crippen molar-refractivity contribution in [3.05, 3.63) is 28.8 Å². The Morgan fingerprint density at radius 3 is 2.73 bits per heavy atom. The van der Waals surface area contributed by atoms with Gasteiger partial charge in [0.05, 0.1) is 6.10 Å². The summed E-state index contributed by atoms with van der Waals surface area (Å²) in [5, 5.41) is 0. The van der Waals surface area contributed by atoms with E-state index in [2.05, 4.69) is 32.9 Å². The van der Waals surface area contributed by atoms with Crippen LogP contribution in [-0.4, -0.2) is 6.10 Å². The predicted molar refractivity (Wildman–Crippen MR) is 63.6 cm³/mol. The van der Waals surface area contributed by atoms with E-state index in [4.69, 9.17) is 4.74 Å². The maximum absolute atomic E-state index is 5.96. The van der Waals surface area contributed by atoms with Gasteiger partial charge in [0.2, 0.25) is 0 Å². The molecule has 0 heterocycles. The van der Waals surface area contributed by atoms with E-state index in [1.807, 2.05) is 0 Å². The highest BCUT2D eigenvalue weighted by Crippen LogP contribution is 2.33. The molecule has 1 aliphatic carbocycles. The molecule has 0 fully saturated rings. The van der Waals surface area contributed by atoms with Crippen molar-refractivity contribution in [2.45, 2.75) is 52.6 Å². The minimum atomic E-state index is 0.331. The molecular formula is C14H20O. The molecule has 0 saturated carbocycles. The highest BCUT2D eigenvalue weighted by molar-refractivity contribution is 5.47. The van der Waals surface area contributed by atoms with E-state index in [0.29, 0.717) is 6.10 Å². The predicted octanol–water partition coefficient (Wildman–Crippen LogP) is 3.66. The molecule has 82 valence electrons. The molecule has 15 heavy (non-hydrogen) atoms. The molecule has 1 nitrogen and oxygen atoms in total. The summed E-state index contributed by atoms with van der Waals surface area (Å²) in [5.41, 5.74) is 4.44. The van der Waals surface area contributed by atoms with E-state index < -0.39 is 0 Å². The van der Waals surface area contributed by atoms with Gasteiger partial charge in [-0.05, 0) is 62.3 Å². The van der Waals surface area contributed by atoms with Crippen LogP contribution in [0.3, 0.4) is 0 Å². The van der Waals surface area contributed by atoms with Crippen molar-refractivity contribution in [3.8, 4) is 5.75 Å². The summed E-state index contributed by atoms with van der Waals surface area (Å²) in [4.78, 5) is 0. The molecule has 0 spiro atoms. The second-order valence-corrected chi connectivity index (χ2v) is 4.53. The maximum atomic E-state index is 5.96. The van der Waals surface area contributed by atoms with Crippen LogP contribution in [0.15, 0.2) is 12.1 Å².